The van der Waals surface area contributed by atoms with Crippen molar-refractivity contribution in [3.05, 3.63) is 59.7 Å². The predicted molar refractivity (Wildman–Crippen MR) is 116 cm³/mol. The summed E-state index contributed by atoms with van der Waals surface area (Å²) in [5.41, 5.74) is 3.38. The fraction of sp³-hybridized carbons (Fsp3) is 0.273. The molecule has 0 bridgehead atoms. The van der Waals surface area contributed by atoms with Gasteiger partial charge >= 0.3 is 6.36 Å². The molecule has 1 fully saturated rings. The van der Waals surface area contributed by atoms with E-state index in [9.17, 15) is 23.1 Å². The van der Waals surface area contributed by atoms with Crippen LogP contribution in [0.5, 0.6) is 5.75 Å². The highest BCUT2D eigenvalue weighted by atomic mass is 32.1. The van der Waals surface area contributed by atoms with Gasteiger partial charge in [-0.05, 0) is 55.8 Å². The largest absolute Gasteiger partial charge is 0.573 e. The number of nitrogens with zero attached hydrogens (tertiary/aromatic N) is 2. The molecule has 10 heteroatoms. The summed E-state index contributed by atoms with van der Waals surface area (Å²) in [7, 11) is 0. The predicted octanol–water partition coefficient (Wildman–Crippen LogP) is 4.92. The van der Waals surface area contributed by atoms with Crippen molar-refractivity contribution in [3.8, 4) is 16.2 Å². The first-order valence-corrected chi connectivity index (χ1v) is 10.7. The zero-order chi connectivity index (χ0) is 22.9. The van der Waals surface area contributed by atoms with Crippen molar-refractivity contribution in [3.63, 3.8) is 0 Å². The van der Waals surface area contributed by atoms with E-state index in [0.717, 1.165) is 28.3 Å². The molecular weight excluding hydrogens is 443 g/mol. The Morgan fingerprint density at radius 3 is 2.59 bits per heavy atom. The van der Waals surface area contributed by atoms with Crippen LogP contribution in [-0.2, 0) is 0 Å². The van der Waals surface area contributed by atoms with Gasteiger partial charge < -0.3 is 20.1 Å². The lowest BCUT2D eigenvalue weighted by molar-refractivity contribution is -0.274. The van der Waals surface area contributed by atoms with E-state index in [1.165, 1.54) is 23.5 Å². The van der Waals surface area contributed by atoms with Gasteiger partial charge in [0.15, 0.2) is 0 Å². The lowest BCUT2D eigenvalue weighted by atomic mass is 10.1. The van der Waals surface area contributed by atoms with Gasteiger partial charge in [-0.3, -0.25) is 9.78 Å². The molecule has 1 aliphatic rings. The molecule has 1 saturated heterocycles. The molecule has 3 aromatic rings. The summed E-state index contributed by atoms with van der Waals surface area (Å²) in [6.45, 7) is 2.97. The summed E-state index contributed by atoms with van der Waals surface area (Å²) < 4.78 is 40.7. The average molecular weight is 463 g/mol. The van der Waals surface area contributed by atoms with E-state index in [4.69, 9.17) is 0 Å². The highest BCUT2D eigenvalue weighted by molar-refractivity contribution is 7.13. The lowest BCUT2D eigenvalue weighted by Crippen LogP contribution is -2.29. The van der Waals surface area contributed by atoms with Gasteiger partial charge in [-0.15, -0.1) is 24.5 Å². The molecule has 1 atom stereocenters. The smallest absolute Gasteiger partial charge is 0.406 e. The zero-order valence-electron chi connectivity index (χ0n) is 17.0. The number of hydrogen-bond donors (Lipinski definition) is 2. The quantitative estimate of drug-likeness (QED) is 0.562. The monoisotopic (exact) mass is 463 g/mol. The van der Waals surface area contributed by atoms with E-state index in [1.807, 2.05) is 6.07 Å². The molecule has 2 heterocycles. The molecule has 0 radical (unpaired) electrons. The van der Waals surface area contributed by atoms with Gasteiger partial charge in [0.2, 0.25) is 0 Å². The van der Waals surface area contributed by atoms with Crippen LogP contribution in [0.15, 0.2) is 54.2 Å². The Morgan fingerprint density at radius 2 is 2.00 bits per heavy atom. The van der Waals surface area contributed by atoms with Crippen LogP contribution in [0, 0.1) is 0 Å². The van der Waals surface area contributed by atoms with Gasteiger partial charge in [0.1, 0.15) is 5.75 Å². The van der Waals surface area contributed by atoms with E-state index in [1.54, 1.807) is 30.8 Å². The second kappa shape index (κ2) is 8.44. The number of benzene rings is 2. The number of ether oxygens (including phenoxy) is 1. The minimum atomic E-state index is -4.78. The van der Waals surface area contributed by atoms with Gasteiger partial charge in [0.05, 0.1) is 16.0 Å². The second-order valence-electron chi connectivity index (χ2n) is 7.79. The zero-order valence-corrected chi connectivity index (χ0v) is 17.8. The Labute approximate surface area is 186 Å². The van der Waals surface area contributed by atoms with Crippen LogP contribution in [-0.4, -0.2) is 41.1 Å². The number of alkyl halides is 3. The normalized spacial score (nSPS) is 18.6. The summed E-state index contributed by atoms with van der Waals surface area (Å²) in [6.07, 6.45) is -2.41. The molecule has 1 amide bonds. The summed E-state index contributed by atoms with van der Waals surface area (Å²) in [5, 5.41) is 13.0. The van der Waals surface area contributed by atoms with Crippen molar-refractivity contribution in [1.82, 2.24) is 4.98 Å². The minimum absolute atomic E-state index is 0.337. The Balaban J connectivity index is 1.56. The maximum Gasteiger partial charge on any atom is 0.573 e. The Morgan fingerprint density at radius 1 is 1.25 bits per heavy atom. The van der Waals surface area contributed by atoms with E-state index in [2.05, 4.69) is 19.9 Å². The van der Waals surface area contributed by atoms with Crippen LogP contribution in [0.1, 0.15) is 23.7 Å². The molecule has 4 rings (SSSR count). The minimum Gasteiger partial charge on any atom is -0.406 e. The van der Waals surface area contributed by atoms with Crippen molar-refractivity contribution >= 4 is 28.6 Å². The molecule has 1 aliphatic heterocycles. The van der Waals surface area contributed by atoms with Crippen molar-refractivity contribution in [2.45, 2.75) is 25.3 Å². The number of rotatable bonds is 5. The fourth-order valence-electron chi connectivity index (χ4n) is 3.59. The Bertz CT molecular complexity index is 1100. The van der Waals surface area contributed by atoms with Crippen molar-refractivity contribution < 1.29 is 27.8 Å². The number of thiazole rings is 1. The van der Waals surface area contributed by atoms with Gasteiger partial charge in [-0.2, -0.15) is 0 Å². The number of anilines is 2. The number of aromatic nitrogens is 1. The van der Waals surface area contributed by atoms with Crippen molar-refractivity contribution in [1.29, 1.82) is 0 Å². The van der Waals surface area contributed by atoms with Crippen LogP contribution in [0.4, 0.5) is 24.5 Å². The Hall–Kier alpha value is -3.11. The number of aliphatic hydroxyl groups is 1. The maximum absolute atomic E-state index is 12.8. The molecule has 0 aliphatic carbocycles. The van der Waals surface area contributed by atoms with Gasteiger partial charge in [-0.25, -0.2) is 0 Å². The molecule has 1 aromatic heterocycles. The van der Waals surface area contributed by atoms with Gasteiger partial charge in [0, 0.05) is 41.8 Å². The van der Waals surface area contributed by atoms with Crippen molar-refractivity contribution in [2.75, 3.05) is 23.3 Å². The van der Waals surface area contributed by atoms with Crippen LogP contribution >= 0.6 is 11.3 Å². The topological polar surface area (TPSA) is 74.7 Å². The maximum atomic E-state index is 12.8. The Kier molecular flexibility index (Phi) is 5.83. The molecule has 32 heavy (non-hydrogen) atoms. The van der Waals surface area contributed by atoms with Crippen LogP contribution in [0.25, 0.3) is 10.4 Å². The number of hydrogen-bond acceptors (Lipinski definition) is 6. The lowest BCUT2D eigenvalue weighted by Gasteiger charge is -2.23. The summed E-state index contributed by atoms with van der Waals surface area (Å²) in [6, 6.07) is 10.2. The third-order valence-electron chi connectivity index (χ3n) is 5.09. The molecule has 2 aromatic carbocycles. The third-order valence-corrected chi connectivity index (χ3v) is 5.90. The van der Waals surface area contributed by atoms with Crippen LogP contribution < -0.4 is 15.0 Å². The van der Waals surface area contributed by atoms with E-state index in [-0.39, 0.29) is 5.75 Å². The molecule has 1 unspecified atom stereocenters. The van der Waals surface area contributed by atoms with Gasteiger partial charge in [0.25, 0.3) is 5.91 Å². The summed E-state index contributed by atoms with van der Waals surface area (Å²) >= 11 is 1.44. The first-order chi connectivity index (χ1) is 15.1. The molecule has 168 valence electrons. The highest BCUT2D eigenvalue weighted by Crippen LogP contribution is 2.37. The van der Waals surface area contributed by atoms with Gasteiger partial charge in [-0.1, -0.05) is 0 Å². The molecule has 2 N–H and O–H groups in total. The standard InChI is InChI=1S/C22H20F3N3O3S/c1-21(30)8-9-28(12-21)18-7-2-14(10-17(18)19-11-26-13-32-19)20(29)27-15-3-5-16(6-4-15)31-22(23,24)25/h2-7,10-11,13,30H,8-9,12H2,1H3,(H,27,29). The number of amides is 1. The number of nitrogens with one attached hydrogen (secondary N) is 1. The number of carbonyl (C=O) groups is 1. The SMILES string of the molecule is CC1(O)CCN(c2ccc(C(=O)Nc3ccc(OC(F)(F)F)cc3)cc2-c2cncs2)C1. The molecule has 0 saturated carbocycles. The third kappa shape index (κ3) is 5.20. The number of β-amino-alcohol motifs (C(OH)–C–C–N with tert-alkyl or cyclic N) is 1. The van der Waals surface area contributed by atoms with E-state index < -0.39 is 17.9 Å². The molecule has 0 spiro atoms. The molecular formula is C22H20F3N3O3S. The highest BCUT2D eigenvalue weighted by Gasteiger charge is 2.33. The van der Waals surface area contributed by atoms with E-state index >= 15 is 0 Å². The van der Waals surface area contributed by atoms with Crippen molar-refractivity contribution in [2.24, 2.45) is 0 Å². The average Bonchev–Trinajstić information content (AvgIpc) is 3.37. The molecule has 6 nitrogen and oxygen atoms in total. The number of carbonyl (C=O) groups excluding carboxylic acids is 1. The second-order valence-corrected chi connectivity index (χ2v) is 8.68. The van der Waals surface area contributed by atoms with Crippen LogP contribution in [0.3, 0.4) is 0 Å². The fourth-order valence-corrected chi connectivity index (χ4v) is 4.24. The first kappa shape index (κ1) is 22.1. The summed E-state index contributed by atoms with van der Waals surface area (Å²) in [5.74, 6) is -0.769. The first-order valence-electron chi connectivity index (χ1n) is 9.77. The number of halogens is 3. The van der Waals surface area contributed by atoms with E-state index in [0.29, 0.717) is 30.8 Å². The van der Waals surface area contributed by atoms with Crippen LogP contribution in [0.2, 0.25) is 0 Å². The summed E-state index contributed by atoms with van der Waals surface area (Å²) in [4.78, 5) is 19.9.